The number of ketones is 1. The molecule has 6 heteroatoms. The third kappa shape index (κ3) is 3.25. The van der Waals surface area contributed by atoms with Crippen molar-refractivity contribution >= 4 is 11.8 Å². The number of fused-ring (bicyclic) bond motifs is 1. The first kappa shape index (κ1) is 23.1. The number of nitrogens with zero attached hydrogens (tertiary/aromatic N) is 1. The lowest BCUT2D eigenvalue weighted by Crippen LogP contribution is -2.74. The Morgan fingerprint density at radius 2 is 2.03 bits per heavy atom. The van der Waals surface area contributed by atoms with Crippen molar-refractivity contribution in [3.63, 3.8) is 0 Å². The van der Waals surface area contributed by atoms with Crippen LogP contribution in [0.4, 0.5) is 0 Å². The van der Waals surface area contributed by atoms with E-state index in [1.807, 2.05) is 12.1 Å². The van der Waals surface area contributed by atoms with Gasteiger partial charge in [-0.2, -0.15) is 0 Å². The quantitative estimate of drug-likeness (QED) is 0.461. The van der Waals surface area contributed by atoms with Crippen molar-refractivity contribution in [1.82, 2.24) is 4.90 Å². The van der Waals surface area contributed by atoms with Crippen LogP contribution in [0.1, 0.15) is 76.3 Å². The number of benzene rings is 1. The molecular weight excluding hydrogens is 406 g/mol. The van der Waals surface area contributed by atoms with Crippen molar-refractivity contribution < 1.29 is 23.8 Å². The molecule has 0 radical (unpaired) electrons. The van der Waals surface area contributed by atoms with E-state index in [4.69, 9.17) is 14.2 Å². The van der Waals surface area contributed by atoms with E-state index in [-0.39, 0.29) is 17.8 Å². The minimum absolute atomic E-state index is 0.0356. The smallest absolute Gasteiger partial charge is 0.306 e. The number of Topliss-reactive ketones (excluding diaryl/α,β-unsaturated/α-hetero) is 1. The van der Waals surface area contributed by atoms with Crippen LogP contribution in [0, 0.1) is 6.92 Å². The van der Waals surface area contributed by atoms with Crippen LogP contribution < -0.4 is 9.47 Å². The van der Waals surface area contributed by atoms with E-state index in [2.05, 4.69) is 32.7 Å². The lowest BCUT2D eigenvalue weighted by Gasteiger charge is -2.60. The van der Waals surface area contributed by atoms with Gasteiger partial charge in [0.15, 0.2) is 23.4 Å². The number of rotatable bonds is 7. The average molecular weight is 444 g/mol. The number of ether oxygens (including phenoxy) is 3. The summed E-state index contributed by atoms with van der Waals surface area (Å²) >= 11 is 0. The van der Waals surface area contributed by atoms with Crippen LogP contribution in [-0.4, -0.2) is 55.1 Å². The maximum Gasteiger partial charge on any atom is 0.306 e. The zero-order chi connectivity index (χ0) is 23.1. The Labute approximate surface area is 191 Å². The Balaban J connectivity index is 1.82. The molecule has 2 fully saturated rings. The second-order valence-electron chi connectivity index (χ2n) is 9.81. The van der Waals surface area contributed by atoms with E-state index in [1.165, 1.54) is 0 Å². The molecule has 0 N–H and O–H groups in total. The zero-order valence-electron chi connectivity index (χ0n) is 20.2. The number of methoxy groups -OCH3 is 1. The van der Waals surface area contributed by atoms with E-state index in [0.717, 1.165) is 43.4 Å². The molecular formula is C26H37NO5. The lowest BCUT2D eigenvalue weighted by molar-refractivity contribution is -0.208. The monoisotopic (exact) mass is 443 g/mol. The number of carbonyl (C=O) groups is 2. The first-order valence-electron chi connectivity index (χ1n) is 12.1. The number of hydrogen-bond acceptors (Lipinski definition) is 6. The van der Waals surface area contributed by atoms with Gasteiger partial charge in [0.1, 0.15) is 5.60 Å². The number of piperidine rings is 1. The fourth-order valence-electron chi connectivity index (χ4n) is 6.41. The third-order valence-electron chi connectivity index (χ3n) is 8.19. The molecule has 1 saturated heterocycles. The second-order valence-corrected chi connectivity index (χ2v) is 9.81. The molecule has 176 valence electrons. The predicted molar refractivity (Wildman–Crippen MR) is 122 cm³/mol. The highest BCUT2D eigenvalue weighted by molar-refractivity contribution is 5.90. The second kappa shape index (κ2) is 8.69. The van der Waals surface area contributed by atoms with Gasteiger partial charge in [-0.1, -0.05) is 32.3 Å². The van der Waals surface area contributed by atoms with Crippen LogP contribution in [0.25, 0.3) is 0 Å². The van der Waals surface area contributed by atoms with Gasteiger partial charge in [-0.25, -0.2) is 0 Å². The molecule has 0 aromatic heterocycles. The van der Waals surface area contributed by atoms with Crippen LogP contribution in [-0.2, 0) is 19.7 Å². The van der Waals surface area contributed by atoms with Gasteiger partial charge in [0.25, 0.3) is 0 Å². The molecule has 32 heavy (non-hydrogen) atoms. The lowest BCUT2D eigenvalue weighted by atomic mass is 9.52. The minimum Gasteiger partial charge on any atom is -0.493 e. The first-order chi connectivity index (χ1) is 15.3. The molecule has 1 aromatic rings. The van der Waals surface area contributed by atoms with Gasteiger partial charge in [-0.3, -0.25) is 14.5 Å². The molecule has 1 aliphatic carbocycles. The minimum atomic E-state index is -0.817. The molecule has 6 nitrogen and oxygen atoms in total. The fourth-order valence-corrected chi connectivity index (χ4v) is 6.41. The average Bonchev–Trinajstić information content (AvgIpc) is 3.14. The van der Waals surface area contributed by atoms with Gasteiger partial charge in [0, 0.05) is 24.4 Å². The fraction of sp³-hybridized carbons (Fsp3) is 0.692. The third-order valence-corrected chi connectivity index (χ3v) is 8.19. The maximum atomic E-state index is 13.2. The Kier molecular flexibility index (Phi) is 6.27. The highest BCUT2D eigenvalue weighted by atomic mass is 16.6. The standard InChI is InChI=1S/C26H37NO5/c1-6-7-8-9-10-21(29)32-26-14-13-19(28)24-25(26,15-16-27(4)18(26)3)22-17(2)11-12-20(30-5)23(22)31-24/h11-12,18,24H,6-10,13-16H2,1-5H3/t18?,24-,25?,26?/m0/s1. The Bertz CT molecular complexity index is 898. The van der Waals surface area contributed by atoms with Gasteiger partial charge >= 0.3 is 5.97 Å². The van der Waals surface area contributed by atoms with Crippen LogP contribution in [0.5, 0.6) is 11.5 Å². The molecule has 4 rings (SSSR count). The van der Waals surface area contributed by atoms with Crippen LogP contribution in [0.15, 0.2) is 12.1 Å². The van der Waals surface area contributed by atoms with Crippen LogP contribution in [0.3, 0.4) is 0 Å². The van der Waals surface area contributed by atoms with Gasteiger partial charge in [-0.05, 0) is 58.3 Å². The SMILES string of the molecule is CCCCCCC(=O)OC12CCC(=O)[C@@H]3Oc4c(OC)ccc(C)c4C31CCN(C)C2C. The number of esters is 1. The van der Waals surface area contributed by atoms with Crippen molar-refractivity contribution in [2.24, 2.45) is 0 Å². The van der Waals surface area contributed by atoms with Crippen molar-refractivity contribution in [3.05, 3.63) is 23.3 Å². The normalized spacial score (nSPS) is 31.3. The molecule has 0 amide bonds. The summed E-state index contributed by atoms with van der Waals surface area (Å²) in [6.07, 6.45) is 5.46. The summed E-state index contributed by atoms with van der Waals surface area (Å²) in [6, 6.07) is 3.89. The highest BCUT2D eigenvalue weighted by Crippen LogP contribution is 2.63. The van der Waals surface area contributed by atoms with Crippen LogP contribution >= 0.6 is 0 Å². The van der Waals surface area contributed by atoms with E-state index < -0.39 is 17.1 Å². The molecule has 3 unspecified atom stereocenters. The van der Waals surface area contributed by atoms with Crippen molar-refractivity contribution in [3.8, 4) is 11.5 Å². The van der Waals surface area contributed by atoms with Crippen molar-refractivity contribution in [2.45, 2.75) is 95.3 Å². The number of likely N-dealkylation sites (N-methyl/N-ethyl adjacent to an activating group) is 1. The van der Waals surface area contributed by atoms with Crippen molar-refractivity contribution in [2.75, 3.05) is 20.7 Å². The van der Waals surface area contributed by atoms with E-state index in [0.29, 0.717) is 37.2 Å². The summed E-state index contributed by atoms with van der Waals surface area (Å²) < 4.78 is 18.5. The molecule has 3 aliphatic rings. The Morgan fingerprint density at radius 1 is 1.25 bits per heavy atom. The molecule has 0 bridgehead atoms. The number of hydrogen-bond donors (Lipinski definition) is 0. The number of unbranched alkanes of at least 4 members (excludes halogenated alkanes) is 3. The van der Waals surface area contributed by atoms with Crippen LogP contribution in [0.2, 0.25) is 0 Å². The number of carbonyl (C=O) groups excluding carboxylic acids is 2. The van der Waals surface area contributed by atoms with E-state index in [1.54, 1.807) is 7.11 Å². The van der Waals surface area contributed by atoms with Gasteiger partial charge < -0.3 is 14.2 Å². The number of aryl methyl sites for hydroxylation is 1. The zero-order valence-corrected chi connectivity index (χ0v) is 20.2. The van der Waals surface area contributed by atoms with Gasteiger partial charge in [0.05, 0.1) is 12.5 Å². The summed E-state index contributed by atoms with van der Waals surface area (Å²) in [5.74, 6) is 1.21. The molecule has 1 spiro atoms. The number of likely N-dealkylation sites (tertiary alicyclic amines) is 1. The predicted octanol–water partition coefficient (Wildman–Crippen LogP) is 4.34. The van der Waals surface area contributed by atoms with Gasteiger partial charge in [-0.15, -0.1) is 0 Å². The topological polar surface area (TPSA) is 65.1 Å². The first-order valence-corrected chi connectivity index (χ1v) is 12.1. The Morgan fingerprint density at radius 3 is 2.75 bits per heavy atom. The van der Waals surface area contributed by atoms with E-state index in [9.17, 15) is 9.59 Å². The molecule has 1 aromatic carbocycles. The summed E-state index contributed by atoms with van der Waals surface area (Å²) in [5.41, 5.74) is 0.538. The summed E-state index contributed by atoms with van der Waals surface area (Å²) in [5, 5.41) is 0. The molecule has 1 saturated carbocycles. The van der Waals surface area contributed by atoms with Crippen molar-refractivity contribution in [1.29, 1.82) is 0 Å². The summed E-state index contributed by atoms with van der Waals surface area (Å²) in [7, 11) is 3.70. The maximum absolute atomic E-state index is 13.2. The largest absolute Gasteiger partial charge is 0.493 e. The molecule has 2 heterocycles. The Hall–Kier alpha value is -2.08. The molecule has 2 aliphatic heterocycles. The molecule has 4 atom stereocenters. The summed E-state index contributed by atoms with van der Waals surface area (Å²) in [4.78, 5) is 28.7. The van der Waals surface area contributed by atoms with E-state index >= 15 is 0 Å². The highest BCUT2D eigenvalue weighted by Gasteiger charge is 2.72. The summed E-state index contributed by atoms with van der Waals surface area (Å²) in [6.45, 7) is 7.15. The van der Waals surface area contributed by atoms with Gasteiger partial charge in [0.2, 0.25) is 0 Å².